The Morgan fingerprint density at radius 2 is 2.04 bits per heavy atom. The van der Waals surface area contributed by atoms with E-state index in [1.165, 1.54) is 0 Å². The molecule has 1 unspecified atom stereocenters. The Bertz CT molecular complexity index is 624. The summed E-state index contributed by atoms with van der Waals surface area (Å²) in [6.45, 7) is 4.61. The number of hydrogen-bond donors (Lipinski definition) is 0. The van der Waals surface area contributed by atoms with Crippen LogP contribution in [0.1, 0.15) is 18.9 Å². The largest absolute Gasteiger partial charge is 1.00 e. The van der Waals surface area contributed by atoms with Crippen molar-refractivity contribution in [1.82, 2.24) is 0 Å². The van der Waals surface area contributed by atoms with Crippen LogP contribution in [-0.4, -0.2) is 5.44 Å². The van der Waals surface area contributed by atoms with Gasteiger partial charge in [-0.2, -0.15) is 0 Å². The van der Waals surface area contributed by atoms with Crippen molar-refractivity contribution >= 4 is 23.4 Å². The Morgan fingerprint density at radius 1 is 1.26 bits per heavy atom. The van der Waals surface area contributed by atoms with E-state index in [0.717, 1.165) is 22.6 Å². The van der Waals surface area contributed by atoms with E-state index in [9.17, 15) is 0 Å². The van der Waals surface area contributed by atoms with E-state index in [0.29, 0.717) is 17.5 Å². The summed E-state index contributed by atoms with van der Waals surface area (Å²) in [5, 5.41) is 0.683. The molecular weight excluding hydrogens is 449 g/mol. The second-order valence-electron chi connectivity index (χ2n) is 5.43. The minimum Gasteiger partial charge on any atom is -0.542 e. The average molecular weight is 467 g/mol. The molecule has 3 rings (SSSR count). The summed E-state index contributed by atoms with van der Waals surface area (Å²) in [6.07, 6.45) is 1.03. The summed E-state index contributed by atoms with van der Waals surface area (Å²) in [5.41, 5.74) is 1.30. The maximum Gasteiger partial charge on any atom is 1.00 e. The summed E-state index contributed by atoms with van der Waals surface area (Å²) in [5.74, 6) is 1.29. The first-order valence-corrected chi connectivity index (χ1v) is 8.57. The summed E-state index contributed by atoms with van der Waals surface area (Å²) < 4.78 is 11.5. The molecule has 1 aliphatic rings. The van der Waals surface area contributed by atoms with Gasteiger partial charge in [-0.05, 0) is 30.2 Å². The van der Waals surface area contributed by atoms with Crippen LogP contribution in [0.25, 0.3) is 0 Å². The topological polar surface area (TPSA) is 18.5 Å². The van der Waals surface area contributed by atoms with Crippen LogP contribution in [0.2, 0.25) is 5.02 Å². The zero-order valence-electron chi connectivity index (χ0n) is 13.4. The molecule has 23 heavy (non-hydrogen) atoms. The number of ether oxygens (including phenoxy) is 2. The second-order valence-corrected chi connectivity index (χ2v) is 7.10. The van der Waals surface area contributed by atoms with Crippen LogP contribution < -0.4 is 73.6 Å². The van der Waals surface area contributed by atoms with E-state index in [1.54, 1.807) is 11.8 Å². The molecule has 1 saturated heterocycles. The molecule has 1 heterocycles. The van der Waals surface area contributed by atoms with Gasteiger partial charge in [0.2, 0.25) is 0 Å². The van der Waals surface area contributed by atoms with E-state index in [4.69, 9.17) is 21.1 Å². The first-order valence-electron chi connectivity index (χ1n) is 7.32. The van der Waals surface area contributed by atoms with Gasteiger partial charge < -0.3 is 9.47 Å². The van der Waals surface area contributed by atoms with Gasteiger partial charge in [-0.1, -0.05) is 60.6 Å². The maximum absolute atomic E-state index is 6.20. The van der Waals surface area contributed by atoms with Crippen molar-refractivity contribution in [1.29, 1.82) is 0 Å². The summed E-state index contributed by atoms with van der Waals surface area (Å²) >= 11 is 7.89. The summed E-state index contributed by atoms with van der Waals surface area (Å²) in [4.78, 5) is 1.07. The fraction of sp³-hybridized carbons (Fsp3) is 0.278. The van der Waals surface area contributed by atoms with Crippen molar-refractivity contribution in [3.05, 3.63) is 65.7 Å². The van der Waals surface area contributed by atoms with Crippen LogP contribution in [0.3, 0.4) is 0 Å². The van der Waals surface area contributed by atoms with E-state index in [-0.39, 0.29) is 74.3 Å². The Kier molecular flexibility index (Phi) is 8.91. The van der Waals surface area contributed by atoms with Gasteiger partial charge in [0, 0.05) is 9.92 Å². The molecule has 1 aliphatic heterocycles. The Morgan fingerprint density at radius 3 is 2.74 bits per heavy atom. The molecule has 0 aromatic heterocycles. The van der Waals surface area contributed by atoms with Gasteiger partial charge in [-0.15, -0.1) is 5.92 Å². The van der Waals surface area contributed by atoms with Crippen LogP contribution in [0.4, 0.5) is 0 Å². The predicted molar refractivity (Wildman–Crippen MR) is 91.0 cm³/mol. The van der Waals surface area contributed by atoms with Crippen molar-refractivity contribution in [3.8, 4) is 5.75 Å². The van der Waals surface area contributed by atoms with Crippen molar-refractivity contribution in [2.75, 3.05) is 0 Å². The normalized spacial score (nSPS) is 20.1. The Balaban J connectivity index is 0.00000192. The molecule has 0 saturated carbocycles. The molecule has 0 spiro atoms. The Labute approximate surface area is 206 Å². The molecule has 116 valence electrons. The van der Waals surface area contributed by atoms with Gasteiger partial charge in [-0.25, -0.2) is 6.61 Å². The molecule has 5 heteroatoms. The van der Waals surface area contributed by atoms with Crippen molar-refractivity contribution in [2.24, 2.45) is 5.92 Å². The van der Waals surface area contributed by atoms with Crippen molar-refractivity contribution in [2.45, 2.75) is 30.3 Å². The van der Waals surface area contributed by atoms with E-state index >= 15 is 0 Å². The van der Waals surface area contributed by atoms with Crippen LogP contribution in [0.5, 0.6) is 5.75 Å². The molecule has 2 aromatic carbocycles. The minimum absolute atomic E-state index is 0. The number of benzene rings is 2. The van der Waals surface area contributed by atoms with Gasteiger partial charge in [0.1, 0.15) is 12.4 Å². The first kappa shape index (κ1) is 20.2. The maximum atomic E-state index is 6.20. The van der Waals surface area contributed by atoms with Crippen molar-refractivity contribution < 1.29 is 78.4 Å². The second kappa shape index (κ2) is 10.1. The van der Waals surface area contributed by atoms with Crippen LogP contribution in [0.15, 0.2) is 53.4 Å². The van der Waals surface area contributed by atoms with Crippen LogP contribution in [0, 0.1) is 12.5 Å². The number of halogens is 1. The van der Waals surface area contributed by atoms with E-state index in [1.807, 2.05) is 55.1 Å². The van der Waals surface area contributed by atoms with Crippen molar-refractivity contribution in [3.63, 3.8) is 0 Å². The third-order valence-electron chi connectivity index (χ3n) is 3.39. The van der Waals surface area contributed by atoms with E-state index < -0.39 is 0 Å². The minimum atomic E-state index is 0. The first-order chi connectivity index (χ1) is 10.7. The monoisotopic (exact) mass is 466 g/mol. The number of rotatable bonds is 5. The summed E-state index contributed by atoms with van der Waals surface area (Å²) in [7, 11) is 0. The third kappa shape index (κ3) is 6.61. The number of hydrogen-bond acceptors (Lipinski definition) is 3. The number of thioether (sulfide) groups is 1. The predicted octanol–water partition coefficient (Wildman–Crippen LogP) is 2.56. The fourth-order valence-corrected chi connectivity index (χ4v) is 3.79. The molecule has 0 radical (unpaired) electrons. The average Bonchev–Trinajstić information content (AvgIpc) is 2.91. The standard InChI is InChI=1S/C18H18ClO2S.Cs/c1-13-7-18(21-11-13)22-17-9-15(19)8-16(10-17)20-12-14-5-3-2-4-6-14;/h2-6,8-11,13,18H,7,12H2,1H3;/q-1;+1/t13-,18?;/m1./s1. The molecule has 2 atom stereocenters. The molecule has 0 aliphatic carbocycles. The molecule has 0 amide bonds. The van der Waals surface area contributed by atoms with Gasteiger partial charge >= 0.3 is 68.9 Å². The fourth-order valence-electron chi connectivity index (χ4n) is 2.29. The van der Waals surface area contributed by atoms with Gasteiger partial charge in [0.15, 0.2) is 0 Å². The van der Waals surface area contributed by atoms with Gasteiger partial charge in [0.25, 0.3) is 0 Å². The zero-order valence-corrected chi connectivity index (χ0v) is 21.2. The van der Waals surface area contributed by atoms with Crippen LogP contribution >= 0.6 is 23.4 Å². The third-order valence-corrected chi connectivity index (χ3v) is 4.68. The van der Waals surface area contributed by atoms with Gasteiger partial charge in [-0.3, -0.25) is 0 Å². The quantitative estimate of drug-likeness (QED) is 0.631. The zero-order chi connectivity index (χ0) is 15.4. The smallest absolute Gasteiger partial charge is 0.542 e. The van der Waals surface area contributed by atoms with E-state index in [2.05, 4.69) is 6.92 Å². The molecule has 0 N–H and O–H groups in total. The van der Waals surface area contributed by atoms with Gasteiger partial charge in [0.05, 0.1) is 5.44 Å². The summed E-state index contributed by atoms with van der Waals surface area (Å²) in [6, 6.07) is 15.9. The van der Waals surface area contributed by atoms with Crippen LogP contribution in [-0.2, 0) is 11.3 Å². The molecule has 0 bridgehead atoms. The molecule has 2 nitrogen and oxygen atoms in total. The molecular formula is C18H18ClCsO2S. The molecule has 1 fully saturated rings. The Hall–Kier alpha value is 0.892. The molecule has 2 aromatic rings. The SMILES string of the molecule is C[C@H]1[CH-]OC(Sc2cc(Cl)cc(OCc3ccccc3)c2)C1.[Cs+].